The molecule has 0 spiro atoms. The Kier molecular flexibility index (Phi) is 5.11. The second-order valence-corrected chi connectivity index (χ2v) is 3.55. The van der Waals surface area contributed by atoms with Crippen molar-refractivity contribution in [3.8, 4) is 0 Å². The molecule has 2 amide bonds. The van der Waals surface area contributed by atoms with Crippen molar-refractivity contribution in [3.05, 3.63) is 0 Å². The molecule has 4 heteroatoms. The Labute approximate surface area is 79.1 Å². The normalized spacial score (nSPS) is 14.8. The molecule has 0 saturated carbocycles. The molecule has 2 unspecified atom stereocenters. The van der Waals surface area contributed by atoms with E-state index in [1.165, 1.54) is 0 Å². The zero-order valence-corrected chi connectivity index (χ0v) is 8.63. The third kappa shape index (κ3) is 4.50. The lowest BCUT2D eigenvalue weighted by Crippen LogP contribution is -2.46. The third-order valence-electron chi connectivity index (χ3n) is 2.08. The summed E-state index contributed by atoms with van der Waals surface area (Å²) in [4.78, 5) is 21.4. The van der Waals surface area contributed by atoms with Crippen molar-refractivity contribution in [2.24, 2.45) is 5.92 Å². The second kappa shape index (κ2) is 5.56. The SMILES string of the molecule is CC(NC=O)C(=O)NC(C)C(C)C. The zero-order chi connectivity index (χ0) is 10.4. The molecule has 2 N–H and O–H groups in total. The first-order valence-electron chi connectivity index (χ1n) is 4.49. The van der Waals surface area contributed by atoms with Gasteiger partial charge in [-0.25, -0.2) is 0 Å². The Morgan fingerprint density at radius 2 is 1.77 bits per heavy atom. The molecule has 76 valence electrons. The van der Waals surface area contributed by atoms with Crippen LogP contribution in [0.1, 0.15) is 27.7 Å². The minimum Gasteiger partial charge on any atom is -0.352 e. The molecule has 13 heavy (non-hydrogen) atoms. The van der Waals surface area contributed by atoms with Gasteiger partial charge in [0.2, 0.25) is 12.3 Å². The van der Waals surface area contributed by atoms with Gasteiger partial charge in [-0.15, -0.1) is 0 Å². The van der Waals surface area contributed by atoms with Gasteiger partial charge in [-0.1, -0.05) is 13.8 Å². The van der Waals surface area contributed by atoms with Gasteiger partial charge in [0.15, 0.2) is 0 Å². The monoisotopic (exact) mass is 186 g/mol. The Morgan fingerprint density at radius 3 is 2.15 bits per heavy atom. The molecule has 0 aromatic heterocycles. The molecule has 0 aliphatic rings. The van der Waals surface area contributed by atoms with Crippen LogP contribution in [0.2, 0.25) is 0 Å². The summed E-state index contributed by atoms with van der Waals surface area (Å²) in [6.07, 6.45) is 0.532. The molecule has 0 aromatic rings. The first-order valence-corrected chi connectivity index (χ1v) is 4.49. The summed E-state index contributed by atoms with van der Waals surface area (Å²) in [6.45, 7) is 7.65. The van der Waals surface area contributed by atoms with E-state index >= 15 is 0 Å². The largest absolute Gasteiger partial charge is 0.352 e. The van der Waals surface area contributed by atoms with Crippen LogP contribution in [0.25, 0.3) is 0 Å². The number of rotatable bonds is 5. The van der Waals surface area contributed by atoms with Crippen LogP contribution in [0.4, 0.5) is 0 Å². The maximum Gasteiger partial charge on any atom is 0.242 e. The maximum absolute atomic E-state index is 11.3. The van der Waals surface area contributed by atoms with Crippen LogP contribution in [-0.2, 0) is 9.59 Å². The number of carbonyl (C=O) groups excluding carboxylic acids is 2. The van der Waals surface area contributed by atoms with Crippen LogP contribution >= 0.6 is 0 Å². The Balaban J connectivity index is 3.92. The smallest absolute Gasteiger partial charge is 0.242 e. The average Bonchev–Trinajstić information content (AvgIpc) is 2.04. The van der Waals surface area contributed by atoms with Gasteiger partial charge in [-0.3, -0.25) is 9.59 Å². The van der Waals surface area contributed by atoms with Gasteiger partial charge in [0, 0.05) is 6.04 Å². The molecular weight excluding hydrogens is 168 g/mol. The van der Waals surface area contributed by atoms with E-state index in [-0.39, 0.29) is 11.9 Å². The molecule has 0 saturated heterocycles. The summed E-state index contributed by atoms with van der Waals surface area (Å²) in [5.41, 5.74) is 0. The summed E-state index contributed by atoms with van der Waals surface area (Å²) in [7, 11) is 0. The lowest BCUT2D eigenvalue weighted by molar-refractivity contribution is -0.125. The van der Waals surface area contributed by atoms with Gasteiger partial charge in [-0.05, 0) is 19.8 Å². The van der Waals surface area contributed by atoms with Crippen molar-refractivity contribution < 1.29 is 9.59 Å². The molecule has 4 nitrogen and oxygen atoms in total. The standard InChI is InChI=1S/C9H18N2O2/c1-6(2)7(3)11-9(13)8(4)10-5-12/h5-8H,1-4H3,(H,10,12)(H,11,13). The van der Waals surface area contributed by atoms with Crippen molar-refractivity contribution >= 4 is 12.3 Å². The van der Waals surface area contributed by atoms with Crippen LogP contribution in [0.5, 0.6) is 0 Å². The summed E-state index contributed by atoms with van der Waals surface area (Å²) in [5.74, 6) is 0.251. The predicted molar refractivity (Wildman–Crippen MR) is 51.1 cm³/mol. The van der Waals surface area contributed by atoms with Gasteiger partial charge in [-0.2, -0.15) is 0 Å². The van der Waals surface area contributed by atoms with Crippen molar-refractivity contribution in [3.63, 3.8) is 0 Å². The van der Waals surface area contributed by atoms with Gasteiger partial charge in [0.25, 0.3) is 0 Å². The molecule has 0 rings (SSSR count). The molecule has 0 aliphatic carbocycles. The van der Waals surface area contributed by atoms with Crippen molar-refractivity contribution in [1.29, 1.82) is 0 Å². The number of amides is 2. The molecular formula is C9H18N2O2. The van der Waals surface area contributed by atoms with Crippen LogP contribution in [-0.4, -0.2) is 24.4 Å². The number of hydrogen-bond donors (Lipinski definition) is 2. The molecule has 0 aliphatic heterocycles. The Hall–Kier alpha value is -1.06. The molecule has 0 radical (unpaired) electrons. The maximum atomic E-state index is 11.3. The first kappa shape index (κ1) is 11.9. The molecule has 0 aromatic carbocycles. The Bertz CT molecular complexity index is 180. The highest BCUT2D eigenvalue weighted by Gasteiger charge is 2.15. The average molecular weight is 186 g/mol. The van der Waals surface area contributed by atoms with Crippen LogP contribution in [0.3, 0.4) is 0 Å². The van der Waals surface area contributed by atoms with E-state index in [0.717, 1.165) is 0 Å². The summed E-state index contributed by atoms with van der Waals surface area (Å²) in [5, 5.41) is 5.20. The van der Waals surface area contributed by atoms with Gasteiger partial charge >= 0.3 is 0 Å². The molecule has 0 heterocycles. The lowest BCUT2D eigenvalue weighted by atomic mass is 10.1. The number of carbonyl (C=O) groups is 2. The van der Waals surface area contributed by atoms with E-state index in [0.29, 0.717) is 12.3 Å². The highest BCUT2D eigenvalue weighted by molar-refractivity contribution is 5.83. The molecule has 2 atom stereocenters. The van der Waals surface area contributed by atoms with Gasteiger partial charge < -0.3 is 10.6 Å². The first-order chi connectivity index (χ1) is 5.99. The fraction of sp³-hybridized carbons (Fsp3) is 0.778. The second-order valence-electron chi connectivity index (χ2n) is 3.55. The van der Waals surface area contributed by atoms with Crippen molar-refractivity contribution in [1.82, 2.24) is 10.6 Å². The topological polar surface area (TPSA) is 58.2 Å². The van der Waals surface area contributed by atoms with Crippen LogP contribution in [0.15, 0.2) is 0 Å². The summed E-state index contributed by atoms with van der Waals surface area (Å²) in [6, 6.07) is -0.331. The minimum absolute atomic E-state index is 0.128. The Morgan fingerprint density at radius 1 is 1.23 bits per heavy atom. The quantitative estimate of drug-likeness (QED) is 0.606. The van der Waals surface area contributed by atoms with E-state index in [2.05, 4.69) is 10.6 Å². The van der Waals surface area contributed by atoms with Crippen LogP contribution < -0.4 is 10.6 Å². The fourth-order valence-corrected chi connectivity index (χ4v) is 0.694. The van der Waals surface area contributed by atoms with Gasteiger partial charge in [0.1, 0.15) is 6.04 Å². The highest BCUT2D eigenvalue weighted by atomic mass is 16.2. The minimum atomic E-state index is -0.460. The van der Waals surface area contributed by atoms with E-state index in [1.807, 2.05) is 20.8 Å². The zero-order valence-electron chi connectivity index (χ0n) is 8.63. The molecule has 0 bridgehead atoms. The van der Waals surface area contributed by atoms with E-state index in [9.17, 15) is 9.59 Å². The third-order valence-corrected chi connectivity index (χ3v) is 2.08. The summed E-state index contributed by atoms with van der Waals surface area (Å²) < 4.78 is 0. The highest BCUT2D eigenvalue weighted by Crippen LogP contribution is 1.99. The van der Waals surface area contributed by atoms with Gasteiger partial charge in [0.05, 0.1) is 0 Å². The van der Waals surface area contributed by atoms with E-state index in [4.69, 9.17) is 0 Å². The fourth-order valence-electron chi connectivity index (χ4n) is 0.694. The lowest BCUT2D eigenvalue weighted by Gasteiger charge is -2.19. The summed E-state index contributed by atoms with van der Waals surface area (Å²) >= 11 is 0. The molecule has 0 fully saturated rings. The van der Waals surface area contributed by atoms with E-state index in [1.54, 1.807) is 6.92 Å². The van der Waals surface area contributed by atoms with Crippen LogP contribution in [0, 0.1) is 5.92 Å². The predicted octanol–water partition coefficient (Wildman–Crippen LogP) is 0.282. The van der Waals surface area contributed by atoms with E-state index < -0.39 is 6.04 Å². The van der Waals surface area contributed by atoms with Crippen molar-refractivity contribution in [2.75, 3.05) is 0 Å². The number of hydrogen-bond acceptors (Lipinski definition) is 2. The van der Waals surface area contributed by atoms with Crippen molar-refractivity contribution in [2.45, 2.75) is 39.8 Å². The number of nitrogens with one attached hydrogen (secondary N) is 2.